The van der Waals surface area contributed by atoms with Crippen molar-refractivity contribution in [1.82, 2.24) is 10.2 Å². The molecule has 0 aliphatic rings. The first kappa shape index (κ1) is 8.86. The first-order valence-corrected chi connectivity index (χ1v) is 3.51. The lowest BCUT2D eigenvalue weighted by molar-refractivity contribution is -0.136. The van der Waals surface area contributed by atoms with Crippen LogP contribution in [0.1, 0.15) is 5.69 Å². The quantitative estimate of drug-likeness (QED) is 0.736. The van der Waals surface area contributed by atoms with Crippen LogP contribution in [0, 0.1) is 0 Å². The van der Waals surface area contributed by atoms with Gasteiger partial charge in [-0.1, -0.05) is 11.6 Å². The van der Waals surface area contributed by atoms with E-state index in [-0.39, 0.29) is 17.3 Å². The van der Waals surface area contributed by atoms with Gasteiger partial charge in [0.25, 0.3) is 5.88 Å². The van der Waals surface area contributed by atoms with Crippen LogP contribution in [0.25, 0.3) is 0 Å². The number of hydrogen-bond donors (Lipinski definition) is 2. The molecule has 0 spiro atoms. The first-order valence-electron chi connectivity index (χ1n) is 3.13. The maximum atomic E-state index is 10.3. The van der Waals surface area contributed by atoms with E-state index in [1.165, 1.54) is 7.11 Å². The molecule has 1 aromatic rings. The standard InChI is InChI=1S/C6H7ClN2O3/c1-12-6-5(7)3(8-9-6)2-4(10)11/h2H2,1H3,(H,8,9)(H,10,11). The Bertz CT molecular complexity index is 297. The number of carboxylic acids is 1. The molecule has 2 N–H and O–H groups in total. The molecule has 1 rings (SSSR count). The maximum absolute atomic E-state index is 10.3. The first-order chi connectivity index (χ1) is 5.65. The minimum atomic E-state index is -0.969. The molecule has 0 radical (unpaired) electrons. The summed E-state index contributed by atoms with van der Waals surface area (Å²) in [6.45, 7) is 0. The largest absolute Gasteiger partial charge is 0.481 e. The number of rotatable bonds is 3. The zero-order chi connectivity index (χ0) is 9.14. The summed E-state index contributed by atoms with van der Waals surface area (Å²) in [6, 6.07) is 0. The number of aliphatic carboxylic acids is 1. The molecule has 0 aromatic carbocycles. The molecule has 1 heterocycles. The normalized spacial score (nSPS) is 9.83. The van der Waals surface area contributed by atoms with Crippen LogP contribution in [0.3, 0.4) is 0 Å². The smallest absolute Gasteiger partial charge is 0.309 e. The Labute approximate surface area is 73.3 Å². The van der Waals surface area contributed by atoms with Crippen LogP contribution in [0.5, 0.6) is 5.88 Å². The van der Waals surface area contributed by atoms with Crippen LogP contribution in [-0.4, -0.2) is 28.4 Å². The number of nitrogens with zero attached hydrogens (tertiary/aromatic N) is 1. The Morgan fingerprint density at radius 1 is 1.83 bits per heavy atom. The number of methoxy groups -OCH3 is 1. The fraction of sp³-hybridized carbons (Fsp3) is 0.333. The van der Waals surface area contributed by atoms with E-state index in [9.17, 15) is 4.79 Å². The van der Waals surface area contributed by atoms with Gasteiger partial charge in [0.05, 0.1) is 19.2 Å². The molecule has 0 aliphatic heterocycles. The van der Waals surface area contributed by atoms with Crippen LogP contribution < -0.4 is 4.74 Å². The summed E-state index contributed by atoms with van der Waals surface area (Å²) in [6.07, 6.45) is -0.185. The Balaban J connectivity index is 2.87. The number of H-pyrrole nitrogens is 1. The van der Waals surface area contributed by atoms with Crippen molar-refractivity contribution in [1.29, 1.82) is 0 Å². The number of hydrogen-bond acceptors (Lipinski definition) is 3. The molecular weight excluding hydrogens is 184 g/mol. The fourth-order valence-electron chi connectivity index (χ4n) is 0.749. The summed E-state index contributed by atoms with van der Waals surface area (Å²) in [5.41, 5.74) is 0.348. The molecule has 0 unspecified atom stereocenters. The van der Waals surface area contributed by atoms with Crippen molar-refractivity contribution < 1.29 is 14.6 Å². The molecule has 12 heavy (non-hydrogen) atoms. The number of aromatic nitrogens is 2. The maximum Gasteiger partial charge on any atom is 0.309 e. The van der Waals surface area contributed by atoms with Crippen molar-refractivity contribution in [3.63, 3.8) is 0 Å². The zero-order valence-corrected chi connectivity index (χ0v) is 7.05. The van der Waals surface area contributed by atoms with Crippen molar-refractivity contribution >= 4 is 17.6 Å². The number of ether oxygens (including phenoxy) is 1. The average molecular weight is 191 g/mol. The summed E-state index contributed by atoms with van der Waals surface area (Å²) >= 11 is 5.69. The topological polar surface area (TPSA) is 75.2 Å². The number of carbonyl (C=O) groups is 1. The highest BCUT2D eigenvalue weighted by Crippen LogP contribution is 2.24. The van der Waals surface area contributed by atoms with Crippen LogP contribution in [0.4, 0.5) is 0 Å². The van der Waals surface area contributed by atoms with Gasteiger partial charge in [0.1, 0.15) is 5.02 Å². The molecule has 0 aliphatic carbocycles. The molecular formula is C6H7ClN2O3. The van der Waals surface area contributed by atoms with Gasteiger partial charge >= 0.3 is 5.97 Å². The van der Waals surface area contributed by atoms with Crippen LogP contribution >= 0.6 is 11.6 Å². The lowest BCUT2D eigenvalue weighted by Crippen LogP contribution is -2.00. The highest BCUT2D eigenvalue weighted by atomic mass is 35.5. The van der Waals surface area contributed by atoms with Crippen LogP contribution in [-0.2, 0) is 11.2 Å². The molecule has 6 heteroatoms. The third kappa shape index (κ3) is 1.68. The molecule has 0 bridgehead atoms. The second-order valence-electron chi connectivity index (χ2n) is 2.10. The number of carboxylic acid groups (broad SMARTS) is 1. The van der Waals surface area contributed by atoms with Gasteiger partial charge < -0.3 is 9.84 Å². The second-order valence-corrected chi connectivity index (χ2v) is 2.47. The zero-order valence-electron chi connectivity index (χ0n) is 6.30. The van der Waals surface area contributed by atoms with Gasteiger partial charge in [-0.05, 0) is 0 Å². The molecule has 66 valence electrons. The van der Waals surface area contributed by atoms with E-state index in [1.54, 1.807) is 0 Å². The summed E-state index contributed by atoms with van der Waals surface area (Å²) in [5.74, 6) is -0.754. The molecule has 1 aromatic heterocycles. The molecule has 0 atom stereocenters. The highest BCUT2D eigenvalue weighted by Gasteiger charge is 2.13. The Hall–Kier alpha value is -1.23. The van der Waals surface area contributed by atoms with E-state index < -0.39 is 5.97 Å². The molecule has 5 nitrogen and oxygen atoms in total. The number of halogens is 1. The van der Waals surface area contributed by atoms with Gasteiger partial charge in [0.2, 0.25) is 0 Å². The van der Waals surface area contributed by atoms with Crippen molar-refractivity contribution in [2.75, 3.05) is 7.11 Å². The molecule has 0 saturated carbocycles. The number of aromatic amines is 1. The Kier molecular flexibility index (Phi) is 2.54. The summed E-state index contributed by atoms with van der Waals surface area (Å²) < 4.78 is 4.74. The Morgan fingerprint density at radius 2 is 2.50 bits per heavy atom. The van der Waals surface area contributed by atoms with Crippen molar-refractivity contribution in [2.24, 2.45) is 0 Å². The van der Waals surface area contributed by atoms with E-state index in [4.69, 9.17) is 21.4 Å². The molecule has 0 amide bonds. The third-order valence-corrected chi connectivity index (χ3v) is 1.66. The van der Waals surface area contributed by atoms with E-state index in [1.807, 2.05) is 0 Å². The van der Waals surface area contributed by atoms with Crippen LogP contribution in [0.15, 0.2) is 0 Å². The third-order valence-electron chi connectivity index (χ3n) is 1.27. The summed E-state index contributed by atoms with van der Waals surface area (Å²) in [5, 5.41) is 14.8. The minimum absolute atomic E-state index is 0.185. The van der Waals surface area contributed by atoms with Gasteiger partial charge in [-0.15, -0.1) is 5.10 Å². The van der Waals surface area contributed by atoms with Crippen molar-refractivity contribution in [3.8, 4) is 5.88 Å². The Morgan fingerprint density at radius 3 is 2.92 bits per heavy atom. The molecule has 0 fully saturated rings. The predicted octanol–water partition coefficient (Wildman–Crippen LogP) is 0.699. The molecule has 0 saturated heterocycles. The van der Waals surface area contributed by atoms with E-state index in [0.717, 1.165) is 0 Å². The van der Waals surface area contributed by atoms with Gasteiger partial charge in [0, 0.05) is 0 Å². The second kappa shape index (κ2) is 3.44. The van der Waals surface area contributed by atoms with Gasteiger partial charge in [-0.3, -0.25) is 9.89 Å². The summed E-state index contributed by atoms with van der Waals surface area (Å²) in [7, 11) is 1.41. The lowest BCUT2D eigenvalue weighted by Gasteiger charge is -1.92. The van der Waals surface area contributed by atoms with Crippen molar-refractivity contribution in [3.05, 3.63) is 10.7 Å². The predicted molar refractivity (Wildman–Crippen MR) is 41.5 cm³/mol. The van der Waals surface area contributed by atoms with E-state index >= 15 is 0 Å². The van der Waals surface area contributed by atoms with Crippen molar-refractivity contribution in [2.45, 2.75) is 6.42 Å². The van der Waals surface area contributed by atoms with E-state index in [0.29, 0.717) is 5.69 Å². The van der Waals surface area contributed by atoms with Gasteiger partial charge in [-0.25, -0.2) is 0 Å². The highest BCUT2D eigenvalue weighted by molar-refractivity contribution is 6.32. The minimum Gasteiger partial charge on any atom is -0.481 e. The SMILES string of the molecule is COc1n[nH]c(CC(=O)O)c1Cl. The van der Waals surface area contributed by atoms with Gasteiger partial charge in [-0.2, -0.15) is 0 Å². The van der Waals surface area contributed by atoms with Gasteiger partial charge in [0.15, 0.2) is 0 Å². The van der Waals surface area contributed by atoms with E-state index in [2.05, 4.69) is 10.2 Å². The van der Waals surface area contributed by atoms with Crippen LogP contribution in [0.2, 0.25) is 5.02 Å². The number of nitrogens with one attached hydrogen (secondary N) is 1. The fourth-order valence-corrected chi connectivity index (χ4v) is 0.978. The lowest BCUT2D eigenvalue weighted by atomic mass is 10.3. The average Bonchev–Trinajstić information content (AvgIpc) is 2.32. The monoisotopic (exact) mass is 190 g/mol. The summed E-state index contributed by atoms with van der Waals surface area (Å²) in [4.78, 5) is 10.3.